The van der Waals surface area contributed by atoms with Crippen LogP contribution in [-0.4, -0.2) is 23.0 Å². The van der Waals surface area contributed by atoms with Gasteiger partial charge in [-0.05, 0) is 30.3 Å². The molecular formula is C19H15F3N4O2. The van der Waals surface area contributed by atoms with Gasteiger partial charge in [0.15, 0.2) is 0 Å². The molecular weight excluding hydrogens is 373 g/mol. The molecule has 144 valence electrons. The number of hydrogen-bond donors (Lipinski definition) is 2. The molecule has 28 heavy (non-hydrogen) atoms. The number of methoxy groups -OCH3 is 1. The van der Waals surface area contributed by atoms with Crippen molar-refractivity contribution in [2.24, 2.45) is 0 Å². The minimum absolute atomic E-state index is 0.0303. The molecule has 0 aliphatic heterocycles. The standard InChI is InChI=1S/C19H15F3N4O2/c1-28-17(27)12-6-2-4-8-14(12)24-16-10-11-23-18(26-16)25-15-9-5-3-7-13(15)19(20,21)22/h2-11H,1H3,(H2,23,24,25,26). The van der Waals surface area contributed by atoms with E-state index >= 15 is 0 Å². The second kappa shape index (κ2) is 7.95. The van der Waals surface area contributed by atoms with Crippen molar-refractivity contribution in [2.45, 2.75) is 6.18 Å². The monoisotopic (exact) mass is 388 g/mol. The number of alkyl halides is 3. The van der Waals surface area contributed by atoms with Crippen LogP contribution < -0.4 is 10.6 Å². The van der Waals surface area contributed by atoms with Crippen molar-refractivity contribution in [1.82, 2.24) is 9.97 Å². The van der Waals surface area contributed by atoms with E-state index in [9.17, 15) is 18.0 Å². The number of hydrogen-bond acceptors (Lipinski definition) is 6. The molecule has 9 heteroatoms. The molecule has 0 aliphatic carbocycles. The first-order valence-electron chi connectivity index (χ1n) is 8.09. The number of nitrogens with zero attached hydrogens (tertiary/aromatic N) is 2. The summed E-state index contributed by atoms with van der Waals surface area (Å²) >= 11 is 0. The highest BCUT2D eigenvalue weighted by Crippen LogP contribution is 2.35. The van der Waals surface area contributed by atoms with Gasteiger partial charge in [0.05, 0.1) is 29.6 Å². The molecule has 2 aromatic carbocycles. The second-order valence-corrected chi connectivity index (χ2v) is 5.60. The molecule has 6 nitrogen and oxygen atoms in total. The summed E-state index contributed by atoms with van der Waals surface area (Å²) in [6, 6.07) is 13.2. The Morgan fingerprint density at radius 1 is 0.964 bits per heavy atom. The molecule has 3 aromatic rings. The number of halogens is 3. The fourth-order valence-corrected chi connectivity index (χ4v) is 2.47. The van der Waals surface area contributed by atoms with E-state index < -0.39 is 17.7 Å². The predicted octanol–water partition coefficient (Wildman–Crippen LogP) is 4.77. The Morgan fingerprint density at radius 2 is 1.64 bits per heavy atom. The third-order valence-electron chi connectivity index (χ3n) is 3.73. The number of carbonyl (C=O) groups is 1. The number of nitrogens with one attached hydrogen (secondary N) is 2. The van der Waals surface area contributed by atoms with Crippen LogP contribution in [0.15, 0.2) is 60.8 Å². The highest BCUT2D eigenvalue weighted by molar-refractivity contribution is 5.96. The largest absolute Gasteiger partial charge is 0.465 e. The lowest BCUT2D eigenvalue weighted by Crippen LogP contribution is -2.10. The smallest absolute Gasteiger partial charge is 0.418 e. The molecule has 3 rings (SSSR count). The Hall–Kier alpha value is -3.62. The highest BCUT2D eigenvalue weighted by Gasteiger charge is 2.33. The van der Waals surface area contributed by atoms with Crippen LogP contribution >= 0.6 is 0 Å². The quantitative estimate of drug-likeness (QED) is 0.614. The van der Waals surface area contributed by atoms with E-state index in [2.05, 4.69) is 20.6 Å². The molecule has 0 spiro atoms. The number of esters is 1. The first-order chi connectivity index (χ1) is 13.4. The van der Waals surface area contributed by atoms with Crippen molar-refractivity contribution in [3.05, 3.63) is 71.9 Å². The molecule has 0 radical (unpaired) electrons. The predicted molar refractivity (Wildman–Crippen MR) is 97.8 cm³/mol. The van der Waals surface area contributed by atoms with E-state index in [1.54, 1.807) is 24.3 Å². The first-order valence-corrected chi connectivity index (χ1v) is 8.09. The summed E-state index contributed by atoms with van der Waals surface area (Å²) in [5.74, 6) is -0.273. The van der Waals surface area contributed by atoms with Crippen molar-refractivity contribution in [1.29, 1.82) is 0 Å². The van der Waals surface area contributed by atoms with Gasteiger partial charge in [0, 0.05) is 6.20 Å². The number of anilines is 4. The molecule has 0 saturated heterocycles. The molecule has 0 fully saturated rings. The van der Waals surface area contributed by atoms with Gasteiger partial charge in [-0.2, -0.15) is 18.2 Å². The number of rotatable bonds is 5. The average molecular weight is 388 g/mol. The maximum absolute atomic E-state index is 13.1. The summed E-state index contributed by atoms with van der Waals surface area (Å²) in [7, 11) is 1.27. The van der Waals surface area contributed by atoms with Crippen LogP contribution in [0.4, 0.5) is 36.3 Å². The van der Waals surface area contributed by atoms with E-state index in [-0.39, 0.29) is 11.6 Å². The van der Waals surface area contributed by atoms with E-state index in [0.717, 1.165) is 6.07 Å². The molecule has 0 bridgehead atoms. The molecule has 1 heterocycles. The topological polar surface area (TPSA) is 76.1 Å². The van der Waals surface area contributed by atoms with Crippen LogP contribution in [0.25, 0.3) is 0 Å². The molecule has 0 saturated carbocycles. The minimum Gasteiger partial charge on any atom is -0.465 e. The fraction of sp³-hybridized carbons (Fsp3) is 0.105. The Bertz CT molecular complexity index is 993. The summed E-state index contributed by atoms with van der Waals surface area (Å²) in [6.07, 6.45) is -3.13. The fourth-order valence-electron chi connectivity index (χ4n) is 2.47. The number of aromatic nitrogens is 2. The summed E-state index contributed by atoms with van der Waals surface area (Å²) < 4.78 is 44.1. The molecule has 0 aliphatic rings. The average Bonchev–Trinajstić information content (AvgIpc) is 2.68. The Kier molecular flexibility index (Phi) is 5.44. The van der Waals surface area contributed by atoms with Crippen molar-refractivity contribution in [3.8, 4) is 0 Å². The second-order valence-electron chi connectivity index (χ2n) is 5.60. The van der Waals surface area contributed by atoms with Crippen LogP contribution in [0.5, 0.6) is 0 Å². The maximum Gasteiger partial charge on any atom is 0.418 e. The highest BCUT2D eigenvalue weighted by atomic mass is 19.4. The molecule has 0 amide bonds. The van der Waals surface area contributed by atoms with Gasteiger partial charge in [-0.1, -0.05) is 24.3 Å². The number of carbonyl (C=O) groups excluding carboxylic acids is 1. The maximum atomic E-state index is 13.1. The van der Waals surface area contributed by atoms with Crippen molar-refractivity contribution in [2.75, 3.05) is 17.7 Å². The lowest BCUT2D eigenvalue weighted by atomic mass is 10.1. The van der Waals surface area contributed by atoms with E-state index in [0.29, 0.717) is 17.1 Å². The van der Waals surface area contributed by atoms with Crippen molar-refractivity contribution >= 4 is 29.1 Å². The summed E-state index contributed by atoms with van der Waals surface area (Å²) in [6.45, 7) is 0. The van der Waals surface area contributed by atoms with Gasteiger partial charge < -0.3 is 15.4 Å². The Balaban J connectivity index is 1.86. The van der Waals surface area contributed by atoms with Crippen LogP contribution in [0.3, 0.4) is 0 Å². The molecule has 0 unspecified atom stereocenters. The number of para-hydroxylation sites is 2. The van der Waals surface area contributed by atoms with Gasteiger partial charge in [-0.15, -0.1) is 0 Å². The van der Waals surface area contributed by atoms with E-state index in [4.69, 9.17) is 4.74 Å². The van der Waals surface area contributed by atoms with Crippen LogP contribution in [0.2, 0.25) is 0 Å². The lowest BCUT2D eigenvalue weighted by molar-refractivity contribution is -0.136. The van der Waals surface area contributed by atoms with Gasteiger partial charge in [0.1, 0.15) is 5.82 Å². The van der Waals surface area contributed by atoms with Gasteiger partial charge >= 0.3 is 12.1 Å². The Labute approximate surface area is 158 Å². The normalized spacial score (nSPS) is 11.0. The lowest BCUT2D eigenvalue weighted by Gasteiger charge is -2.14. The summed E-state index contributed by atoms with van der Waals surface area (Å²) in [4.78, 5) is 20.0. The minimum atomic E-state index is -4.51. The van der Waals surface area contributed by atoms with Crippen LogP contribution in [0.1, 0.15) is 15.9 Å². The van der Waals surface area contributed by atoms with Gasteiger partial charge in [-0.3, -0.25) is 0 Å². The van der Waals surface area contributed by atoms with Gasteiger partial charge in [0.2, 0.25) is 5.95 Å². The third kappa shape index (κ3) is 4.37. The zero-order valence-corrected chi connectivity index (χ0v) is 14.6. The van der Waals surface area contributed by atoms with Crippen LogP contribution in [0, 0.1) is 0 Å². The van der Waals surface area contributed by atoms with E-state index in [1.807, 2.05) is 0 Å². The van der Waals surface area contributed by atoms with Gasteiger partial charge in [0.25, 0.3) is 0 Å². The summed E-state index contributed by atoms with van der Waals surface area (Å²) in [5, 5.41) is 5.52. The first kappa shape index (κ1) is 19.2. The van der Waals surface area contributed by atoms with Crippen molar-refractivity contribution in [3.63, 3.8) is 0 Å². The van der Waals surface area contributed by atoms with Crippen LogP contribution in [-0.2, 0) is 10.9 Å². The zero-order chi connectivity index (χ0) is 20.1. The molecule has 2 N–H and O–H groups in total. The number of ether oxygens (including phenoxy) is 1. The van der Waals surface area contributed by atoms with E-state index in [1.165, 1.54) is 37.6 Å². The molecule has 1 aromatic heterocycles. The van der Waals surface area contributed by atoms with Crippen molar-refractivity contribution < 1.29 is 22.7 Å². The SMILES string of the molecule is COC(=O)c1ccccc1Nc1ccnc(Nc2ccccc2C(F)(F)F)n1. The third-order valence-corrected chi connectivity index (χ3v) is 3.73. The van der Waals surface area contributed by atoms with Gasteiger partial charge in [-0.25, -0.2) is 9.78 Å². The summed E-state index contributed by atoms with van der Waals surface area (Å²) in [5.41, 5.74) is -0.259. The zero-order valence-electron chi connectivity index (χ0n) is 14.6. The Morgan fingerprint density at radius 3 is 2.36 bits per heavy atom. The number of benzene rings is 2. The molecule has 0 atom stereocenters.